The summed E-state index contributed by atoms with van der Waals surface area (Å²) in [5.74, 6) is -0.614. The van der Waals surface area contributed by atoms with E-state index in [1.807, 2.05) is 85.3 Å². The van der Waals surface area contributed by atoms with Crippen molar-refractivity contribution in [3.05, 3.63) is 111 Å². The second-order valence-corrected chi connectivity index (χ2v) is 15.4. The number of benzene rings is 2. The van der Waals surface area contributed by atoms with Crippen molar-refractivity contribution in [2.75, 3.05) is 7.05 Å². The molecule has 5 rings (SSSR count). The maximum Gasteiger partial charge on any atom is 0.407 e. The first-order chi connectivity index (χ1) is 25.1. The average Bonchev–Trinajstić information content (AvgIpc) is 3.94. The predicted molar refractivity (Wildman–Crippen MR) is 204 cm³/mol. The van der Waals surface area contributed by atoms with Gasteiger partial charge in [-0.2, -0.15) is 0 Å². The summed E-state index contributed by atoms with van der Waals surface area (Å²) in [7, 11) is 1.66. The highest BCUT2D eigenvalue weighted by Crippen LogP contribution is 2.26. The summed E-state index contributed by atoms with van der Waals surface area (Å²) in [6.07, 6.45) is 2.52. The summed E-state index contributed by atoms with van der Waals surface area (Å²) in [5, 5.41) is 25.9. The summed E-state index contributed by atoms with van der Waals surface area (Å²) in [5.41, 5.74) is 4.26. The number of nitrogens with zero attached hydrogens (tertiary/aromatic N) is 4. The van der Waals surface area contributed by atoms with Crippen LogP contribution in [0.3, 0.4) is 0 Å². The highest BCUT2D eigenvalue weighted by atomic mass is 32.1. The number of thiazole rings is 3. The minimum absolute atomic E-state index is 0.0618. The third-order valence-corrected chi connectivity index (χ3v) is 10.8. The van der Waals surface area contributed by atoms with Crippen LogP contribution in [0.4, 0.5) is 9.59 Å². The van der Waals surface area contributed by atoms with Crippen LogP contribution in [0.25, 0.3) is 10.0 Å². The van der Waals surface area contributed by atoms with Crippen molar-refractivity contribution in [3.63, 3.8) is 0 Å². The second kappa shape index (κ2) is 19.2. The second-order valence-electron chi connectivity index (χ2n) is 12.7. The number of carbonyl (C=O) groups excluding carboxylic acids is 3. The number of rotatable bonds is 17. The Morgan fingerprint density at radius 2 is 1.62 bits per heavy atom. The number of hydrogen-bond donors (Lipinski definition) is 4. The number of nitrogens with one attached hydrogen (secondary N) is 3. The van der Waals surface area contributed by atoms with Crippen LogP contribution >= 0.6 is 34.0 Å². The molecule has 0 bridgehead atoms. The zero-order chi connectivity index (χ0) is 36.9. The molecule has 0 saturated heterocycles. The van der Waals surface area contributed by atoms with Crippen molar-refractivity contribution in [1.82, 2.24) is 35.8 Å². The molecule has 3 aromatic heterocycles. The van der Waals surface area contributed by atoms with E-state index in [2.05, 4.69) is 30.9 Å². The number of alkyl carbamates (subject to hydrolysis) is 1. The van der Waals surface area contributed by atoms with E-state index >= 15 is 0 Å². The zero-order valence-corrected chi connectivity index (χ0v) is 31.6. The van der Waals surface area contributed by atoms with E-state index in [4.69, 9.17) is 4.74 Å². The molecule has 12 nitrogen and oxygen atoms in total. The monoisotopic (exact) mass is 761 g/mol. The first-order valence-corrected chi connectivity index (χ1v) is 19.5. The van der Waals surface area contributed by atoms with Gasteiger partial charge in [-0.05, 0) is 36.3 Å². The number of urea groups is 1. The van der Waals surface area contributed by atoms with E-state index in [1.165, 1.54) is 38.9 Å². The van der Waals surface area contributed by atoms with E-state index in [0.29, 0.717) is 12.8 Å². The van der Waals surface area contributed by atoms with Crippen molar-refractivity contribution in [1.29, 1.82) is 0 Å². The highest BCUT2D eigenvalue weighted by molar-refractivity contribution is 7.19. The van der Waals surface area contributed by atoms with Gasteiger partial charge in [0, 0.05) is 36.2 Å². The van der Waals surface area contributed by atoms with Crippen LogP contribution in [-0.2, 0) is 35.5 Å². The van der Waals surface area contributed by atoms with Gasteiger partial charge < -0.3 is 30.7 Å². The molecule has 3 heterocycles. The van der Waals surface area contributed by atoms with Crippen molar-refractivity contribution >= 4 is 52.0 Å². The molecular formula is C37H43N7O5S3. The van der Waals surface area contributed by atoms with Gasteiger partial charge in [-0.1, -0.05) is 74.5 Å². The first-order valence-electron chi connectivity index (χ1n) is 16.9. The Morgan fingerprint density at radius 3 is 2.25 bits per heavy atom. The number of aromatic nitrogens is 3. The summed E-state index contributed by atoms with van der Waals surface area (Å²) in [6, 6.07) is 16.7. The van der Waals surface area contributed by atoms with Gasteiger partial charge in [0.25, 0.3) is 0 Å². The lowest BCUT2D eigenvalue weighted by Gasteiger charge is -2.30. The van der Waals surface area contributed by atoms with Gasteiger partial charge in [-0.25, -0.2) is 19.6 Å². The van der Waals surface area contributed by atoms with Crippen LogP contribution in [-0.4, -0.2) is 74.3 Å². The third-order valence-electron chi connectivity index (χ3n) is 8.23. The minimum Gasteiger partial charge on any atom is -0.444 e. The molecular weight excluding hydrogens is 719 g/mol. The molecule has 0 aliphatic carbocycles. The predicted octanol–water partition coefficient (Wildman–Crippen LogP) is 5.91. The molecule has 4 N–H and O–H groups in total. The fraction of sp³-hybridized carbons (Fsp3) is 0.351. The van der Waals surface area contributed by atoms with E-state index in [9.17, 15) is 19.5 Å². The van der Waals surface area contributed by atoms with Crippen LogP contribution in [0.2, 0.25) is 0 Å². The van der Waals surface area contributed by atoms with Gasteiger partial charge in [0.15, 0.2) is 10.0 Å². The molecule has 0 fully saturated rings. The van der Waals surface area contributed by atoms with E-state index in [-0.39, 0.29) is 31.4 Å². The number of hydrogen-bond acceptors (Lipinski definition) is 11. The topological polar surface area (TPSA) is 159 Å². The van der Waals surface area contributed by atoms with Gasteiger partial charge in [-0.3, -0.25) is 9.78 Å². The van der Waals surface area contributed by atoms with Crippen LogP contribution in [0.5, 0.6) is 0 Å². The number of carbonyl (C=O) groups is 3. The molecule has 0 radical (unpaired) electrons. The van der Waals surface area contributed by atoms with E-state index < -0.39 is 36.4 Å². The Morgan fingerprint density at radius 1 is 0.904 bits per heavy atom. The third kappa shape index (κ3) is 11.7. The van der Waals surface area contributed by atoms with Crippen molar-refractivity contribution in [2.45, 2.75) is 70.5 Å². The van der Waals surface area contributed by atoms with Gasteiger partial charge in [0.05, 0.1) is 34.8 Å². The Kier molecular flexibility index (Phi) is 14.2. The lowest BCUT2D eigenvalue weighted by atomic mass is 9.93. The van der Waals surface area contributed by atoms with Gasteiger partial charge in [0.1, 0.15) is 12.6 Å². The molecule has 0 spiro atoms. The number of ether oxygens (including phenoxy) is 1. The Bertz CT molecular complexity index is 1820. The van der Waals surface area contributed by atoms with Crippen LogP contribution in [0.1, 0.15) is 42.0 Å². The molecule has 2 aromatic carbocycles. The lowest BCUT2D eigenvalue weighted by molar-refractivity contribution is -0.124. The molecule has 0 unspecified atom stereocenters. The first kappa shape index (κ1) is 38.5. The maximum atomic E-state index is 13.9. The molecule has 0 aliphatic heterocycles. The molecule has 5 aromatic rings. The van der Waals surface area contributed by atoms with Crippen LogP contribution in [0.15, 0.2) is 89.3 Å². The Labute approximate surface area is 315 Å². The van der Waals surface area contributed by atoms with Crippen LogP contribution < -0.4 is 16.0 Å². The van der Waals surface area contributed by atoms with E-state index in [0.717, 1.165) is 31.7 Å². The van der Waals surface area contributed by atoms with Gasteiger partial charge in [-0.15, -0.1) is 34.0 Å². The summed E-state index contributed by atoms with van der Waals surface area (Å²) >= 11 is 4.35. The molecule has 0 aliphatic rings. The highest BCUT2D eigenvalue weighted by Gasteiger charge is 2.31. The number of amides is 4. The summed E-state index contributed by atoms with van der Waals surface area (Å²) in [4.78, 5) is 55.4. The molecule has 52 heavy (non-hydrogen) atoms. The number of aliphatic hydroxyl groups excluding tert-OH is 1. The van der Waals surface area contributed by atoms with Crippen molar-refractivity contribution in [3.8, 4) is 10.0 Å². The summed E-state index contributed by atoms with van der Waals surface area (Å²) in [6.45, 7) is 4.05. The molecule has 4 atom stereocenters. The largest absolute Gasteiger partial charge is 0.444 e. The fourth-order valence-corrected chi connectivity index (χ4v) is 7.54. The maximum absolute atomic E-state index is 13.9. The minimum atomic E-state index is -1.06. The molecule has 274 valence electrons. The normalized spacial score (nSPS) is 13.5. The molecule has 15 heteroatoms. The summed E-state index contributed by atoms with van der Waals surface area (Å²) < 4.78 is 5.43. The standard InChI is InChI=1S/C37H43N7O5S3/c1-24(2)32(43-36(47)44(3)20-28-22-51-35(41-28)34-39-14-15-50-34)33(46)40-27(16-25-10-6-4-7-11-25)18-31(45)30(17-26-12-8-5-9-13-26)42-37(48)49-21-29-19-38-23-52-29/h4-15,19,22-24,27,30-32,45H,16-18,20-21H2,1-3H3,(H,40,46)(H,42,48)(H,43,47)/t27-,30-,31-,32-/m0/s1. The van der Waals surface area contributed by atoms with Crippen molar-refractivity contribution < 1.29 is 24.2 Å². The molecule has 0 saturated carbocycles. The fourth-order valence-electron chi connectivity index (χ4n) is 5.53. The van der Waals surface area contributed by atoms with Crippen LogP contribution in [0, 0.1) is 5.92 Å². The SMILES string of the molecule is CC(C)[C@H](NC(=O)N(C)Cc1csc(-c2nccs2)n1)C(=O)N[C@@H](Cc1ccccc1)C[C@H](O)[C@H](Cc1ccccc1)NC(=O)OCc1cncs1. The molecule has 4 amide bonds. The van der Waals surface area contributed by atoms with Gasteiger partial charge >= 0.3 is 12.1 Å². The van der Waals surface area contributed by atoms with Gasteiger partial charge in [0.2, 0.25) is 5.91 Å². The quantitative estimate of drug-likeness (QED) is 0.0912. The Balaban J connectivity index is 1.26. The average molecular weight is 762 g/mol. The van der Waals surface area contributed by atoms with E-state index in [1.54, 1.807) is 25.0 Å². The Hall–Kier alpha value is -4.70. The van der Waals surface area contributed by atoms with Crippen molar-refractivity contribution in [2.24, 2.45) is 5.92 Å². The zero-order valence-electron chi connectivity index (χ0n) is 29.2. The smallest absolute Gasteiger partial charge is 0.407 e. The lowest BCUT2D eigenvalue weighted by Crippen LogP contribution is -2.55. The number of aliphatic hydroxyl groups is 1.